The van der Waals surface area contributed by atoms with Gasteiger partial charge in [0.25, 0.3) is 5.91 Å². The van der Waals surface area contributed by atoms with Gasteiger partial charge in [0.2, 0.25) is 0 Å². The van der Waals surface area contributed by atoms with Gasteiger partial charge in [-0.25, -0.2) is 0 Å². The summed E-state index contributed by atoms with van der Waals surface area (Å²) in [5.74, 6) is -0.00773. The molecule has 1 amide bonds. The third-order valence-corrected chi connectivity index (χ3v) is 3.00. The third-order valence-electron chi connectivity index (χ3n) is 2.79. The van der Waals surface area contributed by atoms with Crippen molar-refractivity contribution in [2.75, 3.05) is 18.8 Å². The van der Waals surface area contributed by atoms with Gasteiger partial charge in [-0.1, -0.05) is 23.3 Å². The van der Waals surface area contributed by atoms with Crippen LogP contribution in [0.25, 0.3) is 0 Å². The van der Waals surface area contributed by atoms with Gasteiger partial charge in [0.1, 0.15) is 0 Å². The highest BCUT2D eigenvalue weighted by molar-refractivity contribution is 6.31. The van der Waals surface area contributed by atoms with Crippen molar-refractivity contribution < 1.29 is 4.79 Å². The Kier molecular flexibility index (Phi) is 3.38. The van der Waals surface area contributed by atoms with Gasteiger partial charge in [-0.05, 0) is 31.5 Å². The first-order valence-corrected chi connectivity index (χ1v) is 5.95. The lowest BCUT2D eigenvalue weighted by atomic mass is 10.1. The first-order chi connectivity index (χ1) is 8.06. The van der Waals surface area contributed by atoms with E-state index in [1.807, 2.05) is 11.8 Å². The Labute approximate surface area is 106 Å². The summed E-state index contributed by atoms with van der Waals surface area (Å²) in [6.07, 6.45) is 3.07. The van der Waals surface area contributed by atoms with Crippen molar-refractivity contribution in [3.63, 3.8) is 0 Å². The molecule has 0 fully saturated rings. The van der Waals surface area contributed by atoms with E-state index in [-0.39, 0.29) is 5.91 Å². The number of anilines is 1. The van der Waals surface area contributed by atoms with Crippen molar-refractivity contribution in [3.8, 4) is 0 Å². The predicted octanol–water partition coefficient (Wildman–Crippen LogP) is 2.71. The number of nitrogens with two attached hydrogens (primary N) is 1. The number of carbonyl (C=O) groups is 1. The summed E-state index contributed by atoms with van der Waals surface area (Å²) in [7, 11) is 0. The minimum atomic E-state index is -0.00773. The molecule has 2 rings (SSSR count). The minimum absolute atomic E-state index is 0.00773. The molecule has 0 saturated carbocycles. The van der Waals surface area contributed by atoms with Gasteiger partial charge in [0.15, 0.2) is 0 Å². The first-order valence-electron chi connectivity index (χ1n) is 5.57. The second kappa shape index (κ2) is 4.80. The van der Waals surface area contributed by atoms with Gasteiger partial charge in [0.05, 0.1) is 0 Å². The standard InChI is InChI=1S/C13H15ClN2O/c1-9-3-2-4-16(8-9)13(17)10-5-11(14)7-12(15)6-10/h3,5-7H,2,4,8,15H2,1H3. The molecule has 0 spiro atoms. The topological polar surface area (TPSA) is 46.3 Å². The third kappa shape index (κ3) is 2.80. The first kappa shape index (κ1) is 12.0. The molecule has 1 heterocycles. The van der Waals surface area contributed by atoms with Gasteiger partial charge in [-0.2, -0.15) is 0 Å². The summed E-state index contributed by atoms with van der Waals surface area (Å²) in [6.45, 7) is 3.47. The van der Waals surface area contributed by atoms with Gasteiger partial charge < -0.3 is 10.6 Å². The molecule has 4 heteroatoms. The monoisotopic (exact) mass is 250 g/mol. The summed E-state index contributed by atoms with van der Waals surface area (Å²) in [5.41, 5.74) is 7.99. The molecule has 2 N–H and O–H groups in total. The number of halogens is 1. The van der Waals surface area contributed by atoms with Crippen LogP contribution < -0.4 is 5.73 Å². The summed E-state index contributed by atoms with van der Waals surface area (Å²) in [5, 5.41) is 0.498. The summed E-state index contributed by atoms with van der Waals surface area (Å²) in [4.78, 5) is 14.1. The molecule has 1 aliphatic rings. The minimum Gasteiger partial charge on any atom is -0.399 e. The van der Waals surface area contributed by atoms with E-state index >= 15 is 0 Å². The van der Waals surface area contributed by atoms with Crippen molar-refractivity contribution in [3.05, 3.63) is 40.4 Å². The Morgan fingerprint density at radius 1 is 1.41 bits per heavy atom. The van der Waals surface area contributed by atoms with E-state index in [1.54, 1.807) is 18.2 Å². The zero-order valence-electron chi connectivity index (χ0n) is 9.74. The smallest absolute Gasteiger partial charge is 0.254 e. The number of amides is 1. The Hall–Kier alpha value is -1.48. The van der Waals surface area contributed by atoms with Crippen LogP contribution in [0.3, 0.4) is 0 Å². The lowest BCUT2D eigenvalue weighted by Crippen LogP contribution is -2.35. The molecule has 1 aromatic carbocycles. The molecule has 17 heavy (non-hydrogen) atoms. The molecule has 90 valence electrons. The summed E-state index contributed by atoms with van der Waals surface area (Å²) < 4.78 is 0. The number of nitrogen functional groups attached to an aromatic ring is 1. The van der Waals surface area contributed by atoms with E-state index in [0.29, 0.717) is 22.8 Å². The summed E-state index contributed by atoms with van der Waals surface area (Å²) >= 11 is 5.90. The molecule has 0 saturated heterocycles. The molecule has 0 aliphatic carbocycles. The van der Waals surface area contributed by atoms with Gasteiger partial charge in [-0.3, -0.25) is 4.79 Å². The lowest BCUT2D eigenvalue weighted by Gasteiger charge is -2.26. The van der Waals surface area contributed by atoms with E-state index < -0.39 is 0 Å². The number of carbonyl (C=O) groups excluding carboxylic acids is 1. The van der Waals surface area contributed by atoms with Crippen molar-refractivity contribution in [2.24, 2.45) is 0 Å². The maximum absolute atomic E-state index is 12.2. The molecule has 0 radical (unpaired) electrons. The lowest BCUT2D eigenvalue weighted by molar-refractivity contribution is 0.0766. The van der Waals surface area contributed by atoms with Crippen LogP contribution in [-0.4, -0.2) is 23.9 Å². The average molecular weight is 251 g/mol. The van der Waals surface area contributed by atoms with E-state index in [0.717, 1.165) is 13.0 Å². The van der Waals surface area contributed by atoms with Gasteiger partial charge in [-0.15, -0.1) is 0 Å². The predicted molar refractivity (Wildman–Crippen MR) is 70.1 cm³/mol. The van der Waals surface area contributed by atoms with E-state index in [4.69, 9.17) is 17.3 Å². The normalized spacial score (nSPS) is 15.6. The number of rotatable bonds is 1. The average Bonchev–Trinajstić information content (AvgIpc) is 2.26. The molecule has 1 aromatic rings. The van der Waals surface area contributed by atoms with Crippen LogP contribution in [0, 0.1) is 0 Å². The number of nitrogens with zero attached hydrogens (tertiary/aromatic N) is 1. The fourth-order valence-corrected chi connectivity index (χ4v) is 2.25. The highest BCUT2D eigenvalue weighted by Crippen LogP contribution is 2.19. The van der Waals surface area contributed by atoms with Crippen LogP contribution in [0.2, 0.25) is 5.02 Å². The van der Waals surface area contributed by atoms with Crippen LogP contribution >= 0.6 is 11.6 Å². The van der Waals surface area contributed by atoms with Crippen molar-refractivity contribution in [1.29, 1.82) is 0 Å². The molecule has 3 nitrogen and oxygen atoms in total. The fourth-order valence-electron chi connectivity index (χ4n) is 2.00. The fraction of sp³-hybridized carbons (Fsp3) is 0.308. The SMILES string of the molecule is CC1=CCCN(C(=O)c2cc(N)cc(Cl)c2)C1. The van der Waals surface area contributed by atoms with Crippen LogP contribution in [0.1, 0.15) is 23.7 Å². The Morgan fingerprint density at radius 3 is 2.82 bits per heavy atom. The van der Waals surface area contributed by atoms with Gasteiger partial charge in [0, 0.05) is 29.4 Å². The zero-order chi connectivity index (χ0) is 12.4. The molecule has 0 unspecified atom stereocenters. The molecule has 1 aliphatic heterocycles. The van der Waals surface area contributed by atoms with Crippen LogP contribution in [0.15, 0.2) is 29.8 Å². The van der Waals surface area contributed by atoms with E-state index in [2.05, 4.69) is 6.08 Å². The molecular formula is C13H15ClN2O. The Morgan fingerprint density at radius 2 is 2.18 bits per heavy atom. The van der Waals surface area contributed by atoms with E-state index in [1.165, 1.54) is 5.57 Å². The highest BCUT2D eigenvalue weighted by atomic mass is 35.5. The molecule has 0 bridgehead atoms. The van der Waals surface area contributed by atoms with E-state index in [9.17, 15) is 4.79 Å². The summed E-state index contributed by atoms with van der Waals surface area (Å²) in [6, 6.07) is 4.97. The Bertz CT molecular complexity index is 462. The van der Waals surface area contributed by atoms with Crippen molar-refractivity contribution in [2.45, 2.75) is 13.3 Å². The largest absolute Gasteiger partial charge is 0.399 e. The maximum atomic E-state index is 12.2. The Balaban J connectivity index is 2.22. The number of hydrogen-bond donors (Lipinski definition) is 1. The van der Waals surface area contributed by atoms with Crippen LogP contribution in [0.5, 0.6) is 0 Å². The van der Waals surface area contributed by atoms with Crippen LogP contribution in [-0.2, 0) is 0 Å². The zero-order valence-corrected chi connectivity index (χ0v) is 10.5. The molecular weight excluding hydrogens is 236 g/mol. The molecule has 0 aromatic heterocycles. The second-order valence-electron chi connectivity index (χ2n) is 4.34. The number of benzene rings is 1. The van der Waals surface area contributed by atoms with Crippen molar-refractivity contribution >= 4 is 23.2 Å². The number of hydrogen-bond acceptors (Lipinski definition) is 2. The molecule has 0 atom stereocenters. The quantitative estimate of drug-likeness (QED) is 0.615. The second-order valence-corrected chi connectivity index (χ2v) is 4.78. The van der Waals surface area contributed by atoms with Gasteiger partial charge >= 0.3 is 0 Å². The van der Waals surface area contributed by atoms with Crippen molar-refractivity contribution in [1.82, 2.24) is 4.90 Å². The maximum Gasteiger partial charge on any atom is 0.254 e. The highest BCUT2D eigenvalue weighted by Gasteiger charge is 2.18. The van der Waals surface area contributed by atoms with Crippen LogP contribution in [0.4, 0.5) is 5.69 Å².